The van der Waals surface area contributed by atoms with E-state index in [4.69, 9.17) is 5.11 Å². The van der Waals surface area contributed by atoms with Crippen molar-refractivity contribution >= 4 is 28.3 Å². The van der Waals surface area contributed by atoms with Crippen LogP contribution in [-0.4, -0.2) is 35.1 Å². The standard InChI is InChI=1S/C13H18N2O3S/c1-13(2)4-6-15(7-5-13)12(18)14-10-9(11(16)17)3-8-19-10/h3,8H,4-7H2,1-2H3,(H,14,18)(H,16,17). The van der Waals surface area contributed by atoms with Crippen molar-refractivity contribution in [2.24, 2.45) is 5.41 Å². The normalized spacial score (nSPS) is 18.1. The van der Waals surface area contributed by atoms with Gasteiger partial charge in [-0.2, -0.15) is 0 Å². The molecule has 2 rings (SSSR count). The summed E-state index contributed by atoms with van der Waals surface area (Å²) < 4.78 is 0. The molecule has 0 spiro atoms. The number of likely N-dealkylation sites (tertiary alicyclic amines) is 1. The zero-order valence-corrected chi connectivity index (χ0v) is 11.9. The fourth-order valence-electron chi connectivity index (χ4n) is 2.07. The molecule has 19 heavy (non-hydrogen) atoms. The Hall–Kier alpha value is -1.56. The van der Waals surface area contributed by atoms with Gasteiger partial charge >= 0.3 is 12.0 Å². The average Bonchev–Trinajstić information content (AvgIpc) is 2.77. The van der Waals surface area contributed by atoms with Crippen molar-refractivity contribution in [1.29, 1.82) is 0 Å². The molecule has 0 radical (unpaired) electrons. The van der Waals surface area contributed by atoms with Crippen LogP contribution in [0.25, 0.3) is 0 Å². The van der Waals surface area contributed by atoms with Crippen molar-refractivity contribution in [3.8, 4) is 0 Å². The van der Waals surface area contributed by atoms with E-state index >= 15 is 0 Å². The number of anilines is 1. The molecule has 0 bridgehead atoms. The molecule has 0 aromatic carbocycles. The van der Waals surface area contributed by atoms with Gasteiger partial charge in [0.2, 0.25) is 0 Å². The van der Waals surface area contributed by atoms with Gasteiger partial charge in [-0.15, -0.1) is 11.3 Å². The second-order valence-corrected chi connectivity index (χ2v) is 6.47. The summed E-state index contributed by atoms with van der Waals surface area (Å²) >= 11 is 1.23. The van der Waals surface area contributed by atoms with Crippen LogP contribution in [0, 0.1) is 5.41 Å². The molecule has 5 nitrogen and oxygen atoms in total. The lowest BCUT2D eigenvalue weighted by Gasteiger charge is -2.36. The first-order valence-electron chi connectivity index (χ1n) is 6.26. The van der Waals surface area contributed by atoms with E-state index in [1.165, 1.54) is 17.4 Å². The number of carboxylic acids is 1. The number of hydrogen-bond acceptors (Lipinski definition) is 3. The van der Waals surface area contributed by atoms with Crippen LogP contribution in [-0.2, 0) is 0 Å². The summed E-state index contributed by atoms with van der Waals surface area (Å²) in [5, 5.41) is 13.8. The third-order valence-corrected chi connectivity index (χ3v) is 4.35. The van der Waals surface area contributed by atoms with E-state index < -0.39 is 5.97 Å². The fourth-order valence-corrected chi connectivity index (χ4v) is 2.83. The molecule has 104 valence electrons. The second-order valence-electron chi connectivity index (χ2n) is 5.55. The molecule has 1 fully saturated rings. The van der Waals surface area contributed by atoms with E-state index in [0.29, 0.717) is 18.1 Å². The molecule has 1 aromatic heterocycles. The van der Waals surface area contributed by atoms with Crippen LogP contribution >= 0.6 is 11.3 Å². The zero-order valence-electron chi connectivity index (χ0n) is 11.1. The predicted octanol–water partition coefficient (Wildman–Crippen LogP) is 3.10. The Labute approximate surface area is 116 Å². The molecule has 0 aliphatic carbocycles. The smallest absolute Gasteiger partial charge is 0.338 e. The second kappa shape index (κ2) is 5.21. The van der Waals surface area contributed by atoms with Gasteiger partial charge in [-0.25, -0.2) is 9.59 Å². The quantitative estimate of drug-likeness (QED) is 0.875. The highest BCUT2D eigenvalue weighted by Gasteiger charge is 2.28. The number of amides is 2. The molecule has 0 unspecified atom stereocenters. The summed E-state index contributed by atoms with van der Waals surface area (Å²) in [4.78, 5) is 24.8. The number of nitrogens with zero attached hydrogens (tertiary/aromatic N) is 1. The predicted molar refractivity (Wildman–Crippen MR) is 74.9 cm³/mol. The summed E-state index contributed by atoms with van der Waals surface area (Å²) in [6.07, 6.45) is 1.94. The number of thiophene rings is 1. The van der Waals surface area contributed by atoms with Gasteiger partial charge < -0.3 is 10.0 Å². The molecular weight excluding hydrogens is 264 g/mol. The van der Waals surface area contributed by atoms with Crippen molar-refractivity contribution in [2.75, 3.05) is 18.4 Å². The minimum Gasteiger partial charge on any atom is -0.478 e. The largest absolute Gasteiger partial charge is 0.478 e. The van der Waals surface area contributed by atoms with Crippen LogP contribution in [0.3, 0.4) is 0 Å². The summed E-state index contributed by atoms with van der Waals surface area (Å²) in [6, 6.07) is 1.29. The number of rotatable bonds is 2. The Morgan fingerprint density at radius 2 is 2.00 bits per heavy atom. The highest BCUT2D eigenvalue weighted by molar-refractivity contribution is 7.14. The molecule has 0 atom stereocenters. The first kappa shape index (κ1) is 13.9. The van der Waals surface area contributed by atoms with Crippen LogP contribution in [0.1, 0.15) is 37.0 Å². The maximum absolute atomic E-state index is 12.1. The Morgan fingerprint density at radius 1 is 1.37 bits per heavy atom. The molecule has 1 aliphatic heterocycles. The van der Waals surface area contributed by atoms with Crippen molar-refractivity contribution in [3.63, 3.8) is 0 Å². The van der Waals surface area contributed by atoms with Crippen molar-refractivity contribution in [1.82, 2.24) is 4.90 Å². The number of urea groups is 1. The van der Waals surface area contributed by atoms with Crippen LogP contribution < -0.4 is 5.32 Å². The molecule has 1 aliphatic rings. The summed E-state index contributed by atoms with van der Waals surface area (Å²) in [6.45, 7) is 5.83. The Balaban J connectivity index is 1.98. The van der Waals surface area contributed by atoms with Crippen LogP contribution in [0.15, 0.2) is 11.4 Å². The van der Waals surface area contributed by atoms with Gasteiger partial charge in [-0.3, -0.25) is 5.32 Å². The topological polar surface area (TPSA) is 69.6 Å². The average molecular weight is 282 g/mol. The lowest BCUT2D eigenvalue weighted by molar-refractivity contribution is 0.0698. The fraction of sp³-hybridized carbons (Fsp3) is 0.538. The number of carboxylic acid groups (broad SMARTS) is 1. The molecule has 6 heteroatoms. The van der Waals surface area contributed by atoms with E-state index in [2.05, 4.69) is 19.2 Å². The zero-order chi connectivity index (χ0) is 14.0. The molecule has 2 heterocycles. The van der Waals surface area contributed by atoms with Crippen LogP contribution in [0.4, 0.5) is 9.80 Å². The number of hydrogen-bond donors (Lipinski definition) is 2. The third-order valence-electron chi connectivity index (χ3n) is 3.52. The first-order chi connectivity index (χ1) is 8.89. The number of nitrogens with one attached hydrogen (secondary N) is 1. The Bertz CT molecular complexity index is 486. The number of aromatic carboxylic acids is 1. The van der Waals surface area contributed by atoms with Gasteiger partial charge in [0.1, 0.15) is 5.00 Å². The van der Waals surface area contributed by atoms with E-state index in [1.54, 1.807) is 10.3 Å². The van der Waals surface area contributed by atoms with Gasteiger partial charge in [0, 0.05) is 13.1 Å². The lowest BCUT2D eigenvalue weighted by Crippen LogP contribution is -2.43. The lowest BCUT2D eigenvalue weighted by atomic mass is 9.83. The summed E-state index contributed by atoms with van der Waals surface area (Å²) in [5.41, 5.74) is 0.432. The molecule has 2 N–H and O–H groups in total. The number of carbonyl (C=O) groups is 2. The van der Waals surface area contributed by atoms with Gasteiger partial charge in [-0.1, -0.05) is 13.8 Å². The molecule has 2 amide bonds. The maximum atomic E-state index is 12.1. The Morgan fingerprint density at radius 3 is 2.58 bits per heavy atom. The highest BCUT2D eigenvalue weighted by Crippen LogP contribution is 2.30. The Kier molecular flexibility index (Phi) is 3.80. The minimum atomic E-state index is -1.02. The summed E-state index contributed by atoms with van der Waals surface area (Å²) in [7, 11) is 0. The van der Waals surface area contributed by atoms with E-state index in [9.17, 15) is 9.59 Å². The van der Waals surface area contributed by atoms with E-state index in [-0.39, 0.29) is 17.0 Å². The summed E-state index contributed by atoms with van der Waals surface area (Å²) in [5.74, 6) is -1.02. The van der Waals surface area contributed by atoms with E-state index in [1.807, 2.05) is 0 Å². The van der Waals surface area contributed by atoms with Gasteiger partial charge in [0.25, 0.3) is 0 Å². The molecule has 1 aromatic rings. The van der Waals surface area contributed by atoms with Crippen molar-refractivity contribution < 1.29 is 14.7 Å². The highest BCUT2D eigenvalue weighted by atomic mass is 32.1. The first-order valence-corrected chi connectivity index (χ1v) is 7.14. The van der Waals surface area contributed by atoms with Gasteiger partial charge in [0.05, 0.1) is 5.56 Å². The minimum absolute atomic E-state index is 0.149. The molecule has 0 saturated carbocycles. The van der Waals surface area contributed by atoms with Crippen molar-refractivity contribution in [3.05, 3.63) is 17.0 Å². The third kappa shape index (κ3) is 3.26. The molecule has 1 saturated heterocycles. The SMILES string of the molecule is CC1(C)CCN(C(=O)Nc2sccc2C(=O)O)CC1. The van der Waals surface area contributed by atoms with Crippen LogP contribution in [0.2, 0.25) is 0 Å². The van der Waals surface area contributed by atoms with Gasteiger partial charge in [-0.05, 0) is 29.7 Å². The maximum Gasteiger partial charge on any atom is 0.338 e. The monoisotopic (exact) mass is 282 g/mol. The van der Waals surface area contributed by atoms with E-state index in [0.717, 1.165) is 12.8 Å². The van der Waals surface area contributed by atoms with Crippen molar-refractivity contribution in [2.45, 2.75) is 26.7 Å². The number of carbonyl (C=O) groups excluding carboxylic acids is 1. The molecular formula is C13H18N2O3S. The van der Waals surface area contributed by atoms with Crippen LogP contribution in [0.5, 0.6) is 0 Å². The van der Waals surface area contributed by atoms with Gasteiger partial charge in [0.15, 0.2) is 0 Å². The number of piperidine rings is 1.